The lowest BCUT2D eigenvalue weighted by Gasteiger charge is -2.25. The van der Waals surface area contributed by atoms with E-state index in [1.54, 1.807) is 12.4 Å². The second-order valence-electron chi connectivity index (χ2n) is 7.09. The van der Waals surface area contributed by atoms with Gasteiger partial charge in [-0.1, -0.05) is 42.4 Å². The maximum absolute atomic E-state index is 8.05. The molecule has 1 aliphatic rings. The Bertz CT molecular complexity index is 1320. The first-order valence-electron chi connectivity index (χ1n) is 10.7. The van der Waals surface area contributed by atoms with E-state index in [0.717, 1.165) is 28.0 Å². The number of hydrogen-bond acceptors (Lipinski definition) is 3. The van der Waals surface area contributed by atoms with Crippen LogP contribution in [0.2, 0.25) is 0 Å². The van der Waals surface area contributed by atoms with Crippen LogP contribution in [-0.2, 0) is 7.05 Å². The van der Waals surface area contributed by atoms with Gasteiger partial charge in [0.2, 0.25) is 5.71 Å². The van der Waals surface area contributed by atoms with E-state index in [4.69, 9.17) is 8.53 Å². The molecule has 0 N–H and O–H groups in total. The van der Waals surface area contributed by atoms with Gasteiger partial charge in [0.15, 0.2) is 17.7 Å². The summed E-state index contributed by atoms with van der Waals surface area (Å²) in [6.45, 7) is -2.33. The topological polar surface area (TPSA) is 33.1 Å². The first kappa shape index (κ1) is 13.8. The van der Waals surface area contributed by atoms with Gasteiger partial charge in [-0.25, -0.2) is 9.55 Å². The molecule has 0 saturated carbocycles. The SMILES string of the molecule is [2H]C([2H])([2H])c1c[n+](C)c(B2C=Cc3c(oc4ncccc34)N2C)cc1-c1ccccc1. The molecule has 0 radical (unpaired) electrons. The van der Waals surface area contributed by atoms with Crippen molar-refractivity contribution in [3.05, 3.63) is 78.0 Å². The van der Waals surface area contributed by atoms with Gasteiger partial charge in [0.05, 0.1) is 0 Å². The van der Waals surface area contributed by atoms with Gasteiger partial charge >= 0.3 is 6.85 Å². The van der Waals surface area contributed by atoms with Crippen molar-refractivity contribution in [2.75, 3.05) is 11.9 Å². The number of aromatic nitrogens is 2. The molecule has 0 amide bonds. The lowest BCUT2D eigenvalue weighted by Crippen LogP contribution is -2.60. The van der Waals surface area contributed by atoms with E-state index in [-0.39, 0.29) is 6.85 Å². The fourth-order valence-electron chi connectivity index (χ4n) is 3.92. The second kappa shape index (κ2) is 6.38. The van der Waals surface area contributed by atoms with Gasteiger partial charge < -0.3 is 9.23 Å². The molecule has 4 nitrogen and oxygen atoms in total. The van der Waals surface area contributed by atoms with Crippen molar-refractivity contribution in [1.29, 1.82) is 0 Å². The third kappa shape index (κ3) is 2.54. The molecule has 4 aromatic rings. The zero-order valence-corrected chi connectivity index (χ0v) is 15.8. The smallest absolute Gasteiger partial charge is 0.398 e. The Morgan fingerprint density at radius 3 is 2.86 bits per heavy atom. The standard InChI is InChI=1S/C23H21BN3O/c1-16-15-26(2)21(14-20(16)17-8-5-4-6-9-17)24-12-11-19-18-10-7-13-25-22(18)28-23(19)27(24)3/h4-15H,1-3H3/q+1/i1D3. The second-order valence-corrected chi connectivity index (χ2v) is 7.09. The minimum Gasteiger partial charge on any atom is -0.423 e. The van der Waals surface area contributed by atoms with Crippen molar-refractivity contribution in [2.24, 2.45) is 7.05 Å². The molecule has 0 spiro atoms. The highest BCUT2D eigenvalue weighted by atomic mass is 16.4. The Balaban J connectivity index is 1.66. The fourth-order valence-corrected chi connectivity index (χ4v) is 3.92. The average molecular weight is 369 g/mol. The molecule has 0 unspecified atom stereocenters. The minimum absolute atomic E-state index is 0.119. The first-order chi connectivity index (χ1) is 14.8. The number of fused-ring (bicyclic) bond motifs is 3. The highest BCUT2D eigenvalue weighted by molar-refractivity contribution is 6.80. The van der Waals surface area contributed by atoms with E-state index in [2.05, 4.69) is 21.8 Å². The molecule has 5 heteroatoms. The summed E-state index contributed by atoms with van der Waals surface area (Å²) in [4.78, 5) is 6.40. The summed E-state index contributed by atoms with van der Waals surface area (Å²) in [7, 11) is 3.87. The maximum Gasteiger partial charge on any atom is 0.398 e. The van der Waals surface area contributed by atoms with Crippen LogP contribution >= 0.6 is 0 Å². The van der Waals surface area contributed by atoms with Crippen LogP contribution < -0.4 is 15.0 Å². The number of aryl methyl sites for hydroxylation is 2. The van der Waals surface area contributed by atoms with E-state index in [9.17, 15) is 0 Å². The number of anilines is 1. The van der Waals surface area contributed by atoms with Crippen LogP contribution in [0.5, 0.6) is 0 Å². The molecule has 4 heterocycles. The van der Waals surface area contributed by atoms with Crippen LogP contribution in [0.4, 0.5) is 5.88 Å². The van der Waals surface area contributed by atoms with Crippen LogP contribution in [0.15, 0.2) is 71.3 Å². The molecule has 0 atom stereocenters. The van der Waals surface area contributed by atoms with Gasteiger partial charge in [-0.05, 0) is 37.2 Å². The quantitative estimate of drug-likeness (QED) is 0.400. The summed E-state index contributed by atoms with van der Waals surface area (Å²) in [6.07, 6.45) is 5.51. The number of nitrogens with zero attached hydrogens (tertiary/aromatic N) is 3. The summed E-state index contributed by atoms with van der Waals surface area (Å²) in [5.74, 6) is 2.87. The monoisotopic (exact) mass is 369 g/mol. The van der Waals surface area contributed by atoms with Crippen LogP contribution in [0.1, 0.15) is 15.2 Å². The molecule has 28 heavy (non-hydrogen) atoms. The molecule has 0 bridgehead atoms. The molecular weight excluding hydrogens is 345 g/mol. The van der Waals surface area contributed by atoms with Crippen molar-refractivity contribution in [3.63, 3.8) is 0 Å². The predicted molar refractivity (Wildman–Crippen MR) is 115 cm³/mol. The third-order valence-electron chi connectivity index (χ3n) is 5.37. The van der Waals surface area contributed by atoms with Crippen molar-refractivity contribution < 1.29 is 13.1 Å². The Hall–Kier alpha value is -3.34. The largest absolute Gasteiger partial charge is 0.423 e. The number of pyridine rings is 2. The van der Waals surface area contributed by atoms with E-state index in [1.165, 1.54) is 0 Å². The summed E-state index contributed by atoms with van der Waals surface area (Å²) in [5, 5.41) is 0.978. The highest BCUT2D eigenvalue weighted by Gasteiger charge is 2.35. The van der Waals surface area contributed by atoms with Gasteiger partial charge in [0.1, 0.15) is 7.05 Å². The van der Waals surface area contributed by atoms with E-state index < -0.39 is 6.85 Å². The molecule has 1 aliphatic heterocycles. The normalized spacial score (nSPS) is 15.3. The van der Waals surface area contributed by atoms with Gasteiger partial charge in [0, 0.05) is 32.9 Å². The molecule has 0 saturated heterocycles. The Morgan fingerprint density at radius 1 is 1.18 bits per heavy atom. The molecule has 0 fully saturated rings. The fraction of sp³-hybridized carbons (Fsp3) is 0.130. The molecule has 136 valence electrons. The number of rotatable bonds is 2. The Labute approximate surface area is 169 Å². The maximum atomic E-state index is 8.05. The summed E-state index contributed by atoms with van der Waals surface area (Å²) in [6, 6.07) is 15.5. The van der Waals surface area contributed by atoms with Crippen molar-refractivity contribution in [1.82, 2.24) is 4.98 Å². The van der Waals surface area contributed by atoms with Gasteiger partial charge in [-0.2, -0.15) is 0 Å². The van der Waals surface area contributed by atoms with Gasteiger partial charge in [0.25, 0.3) is 0 Å². The van der Waals surface area contributed by atoms with Gasteiger partial charge in [-0.15, -0.1) is 0 Å². The average Bonchev–Trinajstić information content (AvgIpc) is 3.14. The summed E-state index contributed by atoms with van der Waals surface area (Å²) < 4.78 is 32.1. The lowest BCUT2D eigenvalue weighted by atomic mass is 9.55. The summed E-state index contributed by atoms with van der Waals surface area (Å²) >= 11 is 0. The van der Waals surface area contributed by atoms with E-state index >= 15 is 0 Å². The molecular formula is C23H21BN3O+. The van der Waals surface area contributed by atoms with Crippen LogP contribution in [0.3, 0.4) is 0 Å². The van der Waals surface area contributed by atoms with Crippen molar-refractivity contribution in [2.45, 2.75) is 6.85 Å². The van der Waals surface area contributed by atoms with Crippen LogP contribution in [-0.4, -0.2) is 18.9 Å². The Kier molecular flexibility index (Phi) is 3.14. The van der Waals surface area contributed by atoms with Gasteiger partial charge in [-0.3, -0.25) is 0 Å². The molecule has 3 aromatic heterocycles. The van der Waals surface area contributed by atoms with Crippen LogP contribution in [0.25, 0.3) is 28.3 Å². The highest BCUT2D eigenvalue weighted by Crippen LogP contribution is 2.35. The zero-order chi connectivity index (χ0) is 21.8. The summed E-state index contributed by atoms with van der Waals surface area (Å²) in [5.41, 5.74) is 4.51. The van der Waals surface area contributed by atoms with E-state index in [1.807, 2.05) is 67.2 Å². The first-order valence-corrected chi connectivity index (χ1v) is 9.22. The molecule has 5 rings (SSSR count). The Morgan fingerprint density at radius 2 is 2.04 bits per heavy atom. The third-order valence-corrected chi connectivity index (χ3v) is 5.37. The van der Waals surface area contributed by atoms with Crippen LogP contribution in [0, 0.1) is 6.85 Å². The number of hydrogen-bond donors (Lipinski definition) is 0. The lowest BCUT2D eigenvalue weighted by molar-refractivity contribution is -0.654. The molecule has 0 aliphatic carbocycles. The minimum atomic E-state index is -2.21. The predicted octanol–water partition coefficient (Wildman–Crippen LogP) is 3.53. The van der Waals surface area contributed by atoms with Crippen molar-refractivity contribution >= 4 is 35.5 Å². The number of furan rings is 1. The van der Waals surface area contributed by atoms with E-state index in [0.29, 0.717) is 16.8 Å². The van der Waals surface area contributed by atoms with Crippen molar-refractivity contribution in [3.8, 4) is 11.1 Å². The zero-order valence-electron chi connectivity index (χ0n) is 18.8. The molecule has 1 aromatic carbocycles. The number of benzene rings is 1.